The number of carbonyl (C=O) groups excluding carboxylic acids is 1. The first-order chi connectivity index (χ1) is 16.3. The van der Waals surface area contributed by atoms with Crippen LogP contribution in [0.25, 0.3) is 0 Å². The van der Waals surface area contributed by atoms with Crippen LogP contribution >= 0.6 is 0 Å². The second-order valence-electron chi connectivity index (χ2n) is 8.17. The van der Waals surface area contributed by atoms with Gasteiger partial charge in [0, 0.05) is 34.5 Å². The molecule has 1 spiro atoms. The molecule has 3 N–H and O–H groups in total. The Morgan fingerprint density at radius 3 is 2.00 bits per heavy atom. The largest absolute Gasteiger partial charge is 0.508 e. The van der Waals surface area contributed by atoms with Crippen LogP contribution in [0.2, 0.25) is 0 Å². The van der Waals surface area contributed by atoms with E-state index < -0.39 is 11.6 Å². The monoisotopic (exact) mass is 454 g/mol. The Morgan fingerprint density at radius 1 is 0.794 bits per heavy atom. The van der Waals surface area contributed by atoms with Crippen molar-refractivity contribution in [1.29, 1.82) is 0 Å². The lowest BCUT2D eigenvalue weighted by Gasteiger charge is -2.36. The molecule has 6 rings (SSSR count). The number of nitrogens with zero attached hydrogens (tertiary/aromatic N) is 3. The van der Waals surface area contributed by atoms with E-state index in [1.165, 1.54) is 24.3 Å². The molecule has 0 saturated heterocycles. The Morgan fingerprint density at radius 2 is 1.38 bits per heavy atom. The zero-order chi connectivity index (χ0) is 23.6. The van der Waals surface area contributed by atoms with Crippen LogP contribution in [0.3, 0.4) is 0 Å². The Kier molecular flexibility index (Phi) is 4.07. The van der Waals surface area contributed by atoms with Crippen LogP contribution in [0.15, 0.2) is 54.6 Å². The predicted molar refractivity (Wildman–Crippen MR) is 121 cm³/mol. The molecule has 34 heavy (non-hydrogen) atoms. The van der Waals surface area contributed by atoms with E-state index in [0.717, 1.165) is 0 Å². The van der Waals surface area contributed by atoms with Crippen LogP contribution in [0.5, 0.6) is 23.0 Å². The molecule has 0 radical (unpaired) electrons. The number of phenols is 2. The average Bonchev–Trinajstić information content (AvgIpc) is 3.05. The summed E-state index contributed by atoms with van der Waals surface area (Å²) >= 11 is 0. The van der Waals surface area contributed by atoms with E-state index in [0.29, 0.717) is 57.0 Å². The van der Waals surface area contributed by atoms with E-state index in [4.69, 9.17) is 9.47 Å². The fraction of sp³-hybridized carbons (Fsp3) is 0.120. The molecule has 2 aliphatic rings. The molecule has 0 amide bonds. The van der Waals surface area contributed by atoms with Gasteiger partial charge in [0.25, 0.3) is 0 Å². The van der Waals surface area contributed by atoms with Gasteiger partial charge in [-0.15, -0.1) is 0 Å². The molecule has 168 valence electrons. The Hall–Kier alpha value is -4.66. The Labute approximate surface area is 193 Å². The first-order valence-corrected chi connectivity index (χ1v) is 10.5. The average molecular weight is 454 g/mol. The normalized spacial score (nSPS) is 14.6. The molecule has 1 aromatic heterocycles. The van der Waals surface area contributed by atoms with Crippen molar-refractivity contribution in [2.45, 2.75) is 19.4 Å². The van der Waals surface area contributed by atoms with E-state index in [-0.39, 0.29) is 11.5 Å². The minimum Gasteiger partial charge on any atom is -0.508 e. The summed E-state index contributed by atoms with van der Waals surface area (Å²) in [6, 6.07) is 14.6. The van der Waals surface area contributed by atoms with Crippen LogP contribution < -0.4 is 10.1 Å². The van der Waals surface area contributed by atoms with Gasteiger partial charge in [-0.1, -0.05) is 6.07 Å². The maximum absolute atomic E-state index is 13.2. The standard InChI is InChI=1S/C25H18N4O5/c1-12-26-13(2)28-24(27-12)29-14-3-6-18-17(9-14)23(32)34-25(18)19-7-4-15(30)10-21(19)33-22-11-16(31)5-8-20(22)25/h3-11,30-31H,1-2H3,(H,26,27,28,29). The maximum atomic E-state index is 13.2. The van der Waals surface area contributed by atoms with Crippen LogP contribution in [0.4, 0.5) is 11.6 Å². The van der Waals surface area contributed by atoms with E-state index in [1.807, 2.05) is 12.1 Å². The number of hydrogen-bond acceptors (Lipinski definition) is 9. The van der Waals surface area contributed by atoms with Gasteiger partial charge in [-0.25, -0.2) is 9.78 Å². The number of carbonyl (C=O) groups is 1. The molecule has 0 fully saturated rings. The molecular weight excluding hydrogens is 436 g/mol. The topological polar surface area (TPSA) is 127 Å². The SMILES string of the molecule is Cc1nc(C)nc(Nc2ccc3c(c2)C(=O)OC32c3ccc(O)cc3Oc3cc(O)ccc32)n1. The molecule has 9 heteroatoms. The molecule has 0 unspecified atom stereocenters. The number of benzene rings is 3. The molecule has 0 bridgehead atoms. The van der Waals surface area contributed by atoms with Crippen LogP contribution in [-0.4, -0.2) is 31.1 Å². The van der Waals surface area contributed by atoms with Crippen molar-refractivity contribution < 1.29 is 24.5 Å². The predicted octanol–water partition coefficient (Wildman–Crippen LogP) is 4.21. The summed E-state index contributed by atoms with van der Waals surface area (Å²) in [5.41, 5.74) is 1.44. The summed E-state index contributed by atoms with van der Waals surface area (Å²) < 4.78 is 12.0. The van der Waals surface area contributed by atoms with Gasteiger partial charge in [0.05, 0.1) is 5.56 Å². The van der Waals surface area contributed by atoms with E-state index in [1.54, 1.807) is 32.0 Å². The van der Waals surface area contributed by atoms with E-state index in [9.17, 15) is 15.0 Å². The van der Waals surface area contributed by atoms with Gasteiger partial charge in [0.15, 0.2) is 5.60 Å². The molecule has 3 heterocycles. The smallest absolute Gasteiger partial charge is 0.340 e. The summed E-state index contributed by atoms with van der Waals surface area (Å²) in [5, 5.41) is 23.2. The molecule has 0 atom stereocenters. The van der Waals surface area contributed by atoms with Gasteiger partial charge in [0.1, 0.15) is 34.6 Å². The number of nitrogens with one attached hydrogen (secondary N) is 1. The summed E-state index contributed by atoms with van der Waals surface area (Å²) in [7, 11) is 0. The third-order valence-electron chi connectivity index (χ3n) is 5.89. The van der Waals surface area contributed by atoms with Crippen LogP contribution in [0, 0.1) is 13.8 Å². The number of aryl methyl sites for hydroxylation is 2. The number of aromatic hydroxyl groups is 2. The lowest BCUT2D eigenvalue weighted by atomic mass is 9.77. The Bertz CT molecular complexity index is 1450. The van der Waals surface area contributed by atoms with E-state index in [2.05, 4.69) is 20.3 Å². The minimum atomic E-state index is -1.30. The van der Waals surface area contributed by atoms with Gasteiger partial charge >= 0.3 is 5.97 Å². The fourth-order valence-corrected chi connectivity index (χ4v) is 4.58. The van der Waals surface area contributed by atoms with Crippen molar-refractivity contribution >= 4 is 17.6 Å². The lowest BCUT2D eigenvalue weighted by molar-refractivity contribution is 0.0224. The van der Waals surface area contributed by atoms with Crippen molar-refractivity contribution in [2.24, 2.45) is 0 Å². The number of rotatable bonds is 2. The highest BCUT2D eigenvalue weighted by molar-refractivity contribution is 5.98. The maximum Gasteiger partial charge on any atom is 0.340 e. The zero-order valence-electron chi connectivity index (χ0n) is 18.2. The van der Waals surface area contributed by atoms with Gasteiger partial charge in [0.2, 0.25) is 5.95 Å². The van der Waals surface area contributed by atoms with Crippen molar-refractivity contribution in [3.63, 3.8) is 0 Å². The number of ether oxygens (including phenoxy) is 2. The summed E-state index contributed by atoms with van der Waals surface area (Å²) in [4.78, 5) is 25.9. The van der Waals surface area contributed by atoms with Gasteiger partial charge < -0.3 is 25.0 Å². The van der Waals surface area contributed by atoms with Gasteiger partial charge in [-0.05, 0) is 50.2 Å². The number of aromatic nitrogens is 3. The molecule has 0 aliphatic carbocycles. The third kappa shape index (κ3) is 2.87. The Balaban J connectivity index is 1.53. The first-order valence-electron chi connectivity index (χ1n) is 10.5. The fourth-order valence-electron chi connectivity index (χ4n) is 4.58. The second kappa shape index (κ2) is 6.92. The number of phenolic OH excluding ortho intramolecular Hbond substituents is 2. The summed E-state index contributed by atoms with van der Waals surface area (Å²) in [6.45, 7) is 3.55. The highest BCUT2D eigenvalue weighted by Crippen LogP contribution is 2.57. The number of anilines is 2. The molecule has 4 aromatic rings. The minimum absolute atomic E-state index is 0.00420. The van der Waals surface area contributed by atoms with Crippen molar-refractivity contribution in [3.8, 4) is 23.0 Å². The van der Waals surface area contributed by atoms with Gasteiger partial charge in [-0.3, -0.25) is 0 Å². The second-order valence-corrected chi connectivity index (χ2v) is 8.17. The summed E-state index contributed by atoms with van der Waals surface area (Å²) in [6.07, 6.45) is 0. The molecule has 0 saturated carbocycles. The molecular formula is C25H18N4O5. The molecule has 2 aliphatic heterocycles. The number of esters is 1. The number of fused-ring (bicyclic) bond motifs is 6. The molecule has 9 nitrogen and oxygen atoms in total. The van der Waals surface area contributed by atoms with Gasteiger partial charge in [-0.2, -0.15) is 9.97 Å². The van der Waals surface area contributed by atoms with Crippen molar-refractivity contribution in [2.75, 3.05) is 5.32 Å². The van der Waals surface area contributed by atoms with Crippen LogP contribution in [-0.2, 0) is 10.3 Å². The summed E-state index contributed by atoms with van der Waals surface area (Å²) in [5.74, 6) is 1.69. The van der Waals surface area contributed by atoms with Crippen molar-refractivity contribution in [3.05, 3.63) is 88.5 Å². The highest BCUT2D eigenvalue weighted by atomic mass is 16.6. The van der Waals surface area contributed by atoms with Crippen molar-refractivity contribution in [1.82, 2.24) is 15.0 Å². The quantitative estimate of drug-likeness (QED) is 0.382. The molecule has 3 aromatic carbocycles. The van der Waals surface area contributed by atoms with Crippen LogP contribution in [0.1, 0.15) is 38.7 Å². The lowest BCUT2D eigenvalue weighted by Crippen LogP contribution is -2.32. The number of hydrogen-bond donors (Lipinski definition) is 3. The zero-order valence-corrected chi connectivity index (χ0v) is 18.2. The highest BCUT2D eigenvalue weighted by Gasteiger charge is 2.53. The first kappa shape index (κ1) is 20.0. The third-order valence-corrected chi connectivity index (χ3v) is 5.89. The van der Waals surface area contributed by atoms with E-state index >= 15 is 0 Å².